The van der Waals surface area contributed by atoms with Gasteiger partial charge in [0.2, 0.25) is 0 Å². The van der Waals surface area contributed by atoms with E-state index in [4.69, 9.17) is 5.26 Å². The number of nitrogens with zero attached hydrogens (tertiary/aromatic N) is 2. The van der Waals surface area contributed by atoms with Crippen LogP contribution in [0, 0.1) is 17.1 Å². The molecule has 0 aliphatic heterocycles. The van der Waals surface area contributed by atoms with Crippen molar-refractivity contribution in [1.82, 2.24) is 4.98 Å². The van der Waals surface area contributed by atoms with Crippen molar-refractivity contribution < 1.29 is 9.18 Å². The Hall–Kier alpha value is -2.74. The molecule has 88 valence electrons. The third-order valence-electron chi connectivity index (χ3n) is 2.26. The first kappa shape index (κ1) is 11.7. The van der Waals surface area contributed by atoms with Gasteiger partial charge in [0.05, 0.1) is 5.56 Å². The third kappa shape index (κ3) is 2.50. The Labute approximate surface area is 103 Å². The topological polar surface area (TPSA) is 65.8 Å². The maximum atomic E-state index is 13.1. The van der Waals surface area contributed by atoms with Crippen molar-refractivity contribution in [2.24, 2.45) is 0 Å². The van der Waals surface area contributed by atoms with E-state index in [1.807, 2.05) is 0 Å². The Morgan fingerprint density at radius 2 is 2.17 bits per heavy atom. The third-order valence-corrected chi connectivity index (χ3v) is 2.26. The minimum Gasteiger partial charge on any atom is -0.307 e. The minimum atomic E-state index is -0.646. The second-order valence-corrected chi connectivity index (χ2v) is 3.48. The molecule has 0 saturated carbocycles. The lowest BCUT2D eigenvalue weighted by Crippen LogP contribution is -2.13. The molecule has 1 amide bonds. The lowest BCUT2D eigenvalue weighted by atomic mass is 10.1. The number of pyridine rings is 1. The Balaban J connectivity index is 2.22. The van der Waals surface area contributed by atoms with Crippen LogP contribution in [0.4, 0.5) is 10.2 Å². The van der Waals surface area contributed by atoms with Crippen LogP contribution in [0.3, 0.4) is 0 Å². The van der Waals surface area contributed by atoms with Crippen molar-refractivity contribution in [2.45, 2.75) is 0 Å². The molecule has 5 heteroatoms. The summed E-state index contributed by atoms with van der Waals surface area (Å²) in [5.74, 6) is -0.692. The molecule has 0 spiro atoms. The Kier molecular flexibility index (Phi) is 3.30. The summed E-state index contributed by atoms with van der Waals surface area (Å²) in [5.41, 5.74) is 0.0438. The predicted molar refractivity (Wildman–Crippen MR) is 63.3 cm³/mol. The zero-order valence-corrected chi connectivity index (χ0v) is 9.22. The van der Waals surface area contributed by atoms with Crippen LogP contribution in [0.1, 0.15) is 15.9 Å². The van der Waals surface area contributed by atoms with E-state index in [1.165, 1.54) is 12.1 Å². The summed E-state index contributed by atoms with van der Waals surface area (Å²) < 4.78 is 13.1. The molecule has 0 fully saturated rings. The highest BCUT2D eigenvalue weighted by Gasteiger charge is 2.10. The maximum absolute atomic E-state index is 13.1. The summed E-state index contributed by atoms with van der Waals surface area (Å²) in [4.78, 5) is 15.7. The molecular weight excluding hydrogens is 233 g/mol. The van der Waals surface area contributed by atoms with Crippen molar-refractivity contribution >= 4 is 11.7 Å². The van der Waals surface area contributed by atoms with Crippen LogP contribution in [0.2, 0.25) is 0 Å². The Morgan fingerprint density at radius 1 is 1.33 bits per heavy atom. The molecule has 4 nitrogen and oxygen atoms in total. The standard InChI is InChI=1S/C13H8FN3O/c14-11-5-4-9(7-10(11)8-15)13(18)17-12-3-1-2-6-16-12/h1-7H,(H,16,17,18). The predicted octanol–water partition coefficient (Wildman–Crippen LogP) is 2.34. The molecule has 0 bridgehead atoms. The van der Waals surface area contributed by atoms with Crippen LogP contribution in [0.15, 0.2) is 42.6 Å². The number of carbonyl (C=O) groups is 1. The van der Waals surface area contributed by atoms with Gasteiger partial charge < -0.3 is 5.32 Å². The molecule has 0 unspecified atom stereocenters. The normalized spacial score (nSPS) is 9.56. The van der Waals surface area contributed by atoms with E-state index < -0.39 is 11.7 Å². The molecule has 0 aliphatic carbocycles. The zero-order valence-electron chi connectivity index (χ0n) is 9.22. The van der Waals surface area contributed by atoms with Crippen LogP contribution in [0.25, 0.3) is 0 Å². The number of nitriles is 1. The molecule has 0 atom stereocenters. The largest absolute Gasteiger partial charge is 0.307 e. The monoisotopic (exact) mass is 241 g/mol. The first-order chi connectivity index (χ1) is 8.70. The average molecular weight is 241 g/mol. The van der Waals surface area contributed by atoms with E-state index >= 15 is 0 Å². The van der Waals surface area contributed by atoms with Gasteiger partial charge in [-0.3, -0.25) is 4.79 Å². The summed E-state index contributed by atoms with van der Waals surface area (Å²) in [6.07, 6.45) is 1.54. The number of aromatic nitrogens is 1. The number of halogens is 1. The highest BCUT2D eigenvalue weighted by atomic mass is 19.1. The number of nitrogens with one attached hydrogen (secondary N) is 1. The van der Waals surface area contributed by atoms with Gasteiger partial charge in [-0.1, -0.05) is 6.07 Å². The second-order valence-electron chi connectivity index (χ2n) is 3.48. The number of hydrogen-bond acceptors (Lipinski definition) is 3. The van der Waals surface area contributed by atoms with Crippen molar-refractivity contribution in [1.29, 1.82) is 5.26 Å². The molecular formula is C13H8FN3O. The maximum Gasteiger partial charge on any atom is 0.256 e. The molecule has 2 aromatic rings. The van der Waals surface area contributed by atoms with Gasteiger partial charge in [0.25, 0.3) is 5.91 Å². The van der Waals surface area contributed by atoms with Crippen LogP contribution in [-0.2, 0) is 0 Å². The number of hydrogen-bond donors (Lipinski definition) is 1. The van der Waals surface area contributed by atoms with Gasteiger partial charge in [-0.15, -0.1) is 0 Å². The second kappa shape index (κ2) is 5.06. The number of benzene rings is 1. The molecule has 1 N–H and O–H groups in total. The lowest BCUT2D eigenvalue weighted by molar-refractivity contribution is 0.102. The van der Waals surface area contributed by atoms with Gasteiger partial charge in [-0.05, 0) is 30.3 Å². The van der Waals surface area contributed by atoms with E-state index in [2.05, 4.69) is 10.3 Å². The van der Waals surface area contributed by atoms with Gasteiger partial charge in [0.1, 0.15) is 17.7 Å². The highest BCUT2D eigenvalue weighted by Crippen LogP contribution is 2.11. The van der Waals surface area contributed by atoms with Gasteiger partial charge in [-0.2, -0.15) is 5.26 Å². The average Bonchev–Trinajstić information content (AvgIpc) is 2.40. The first-order valence-electron chi connectivity index (χ1n) is 5.13. The van der Waals surface area contributed by atoms with Crippen LogP contribution in [-0.4, -0.2) is 10.9 Å². The zero-order chi connectivity index (χ0) is 13.0. The lowest BCUT2D eigenvalue weighted by Gasteiger charge is -2.04. The molecule has 18 heavy (non-hydrogen) atoms. The van der Waals surface area contributed by atoms with Gasteiger partial charge in [0.15, 0.2) is 0 Å². The number of anilines is 1. The fourth-order valence-electron chi connectivity index (χ4n) is 1.38. The number of carbonyl (C=O) groups excluding carboxylic acids is 1. The van der Waals surface area contributed by atoms with Crippen LogP contribution >= 0.6 is 0 Å². The molecule has 0 saturated heterocycles. The molecule has 1 aromatic heterocycles. The van der Waals surface area contributed by atoms with Crippen LogP contribution in [0.5, 0.6) is 0 Å². The molecule has 1 aromatic carbocycles. The summed E-state index contributed by atoms with van der Waals surface area (Å²) in [5, 5.41) is 11.2. The summed E-state index contributed by atoms with van der Waals surface area (Å²) in [6.45, 7) is 0. The fourth-order valence-corrected chi connectivity index (χ4v) is 1.38. The van der Waals surface area contributed by atoms with E-state index in [9.17, 15) is 9.18 Å². The number of rotatable bonds is 2. The van der Waals surface area contributed by atoms with E-state index in [0.29, 0.717) is 5.82 Å². The molecule has 1 heterocycles. The smallest absolute Gasteiger partial charge is 0.256 e. The minimum absolute atomic E-state index is 0.163. The Bertz CT molecular complexity index is 620. The molecule has 2 rings (SSSR count). The van der Waals surface area contributed by atoms with Crippen molar-refractivity contribution in [3.05, 3.63) is 59.5 Å². The highest BCUT2D eigenvalue weighted by molar-refractivity contribution is 6.03. The molecule has 0 aliphatic rings. The summed E-state index contributed by atoms with van der Waals surface area (Å²) in [6, 6.07) is 10.4. The van der Waals surface area contributed by atoms with E-state index in [1.54, 1.807) is 30.5 Å². The summed E-state index contributed by atoms with van der Waals surface area (Å²) >= 11 is 0. The van der Waals surface area contributed by atoms with Crippen molar-refractivity contribution in [3.63, 3.8) is 0 Å². The van der Waals surface area contributed by atoms with Crippen molar-refractivity contribution in [3.8, 4) is 6.07 Å². The Morgan fingerprint density at radius 3 is 2.83 bits per heavy atom. The van der Waals surface area contributed by atoms with Gasteiger partial charge in [0, 0.05) is 11.8 Å². The van der Waals surface area contributed by atoms with Crippen LogP contribution < -0.4 is 5.32 Å². The van der Waals surface area contributed by atoms with E-state index in [-0.39, 0.29) is 11.1 Å². The van der Waals surface area contributed by atoms with Gasteiger partial charge in [-0.25, -0.2) is 9.37 Å². The fraction of sp³-hybridized carbons (Fsp3) is 0. The van der Waals surface area contributed by atoms with Crippen molar-refractivity contribution in [2.75, 3.05) is 5.32 Å². The summed E-state index contributed by atoms with van der Waals surface area (Å²) in [7, 11) is 0. The number of amides is 1. The van der Waals surface area contributed by atoms with Gasteiger partial charge >= 0.3 is 0 Å². The van der Waals surface area contributed by atoms with E-state index in [0.717, 1.165) is 6.07 Å². The molecule has 0 radical (unpaired) electrons. The SMILES string of the molecule is N#Cc1cc(C(=O)Nc2ccccn2)ccc1F. The first-order valence-corrected chi connectivity index (χ1v) is 5.13. The quantitative estimate of drug-likeness (QED) is 0.877.